The van der Waals surface area contributed by atoms with Gasteiger partial charge in [0.25, 0.3) is 5.56 Å². The van der Waals surface area contributed by atoms with Crippen molar-refractivity contribution in [3.63, 3.8) is 0 Å². The largest absolute Gasteiger partial charge is 0.397 e. The number of nitrogens with one attached hydrogen (secondary N) is 2. The van der Waals surface area contributed by atoms with Gasteiger partial charge in [-0.1, -0.05) is 0 Å². The number of H-pyrrole nitrogens is 1. The number of aryl methyl sites for hydroxylation is 1. The minimum atomic E-state index is -0.184. The molecule has 0 atom stereocenters. The fourth-order valence-electron chi connectivity index (χ4n) is 2.11. The lowest BCUT2D eigenvalue weighted by molar-refractivity contribution is 0.987. The van der Waals surface area contributed by atoms with Gasteiger partial charge in [0.2, 0.25) is 0 Å². The minimum Gasteiger partial charge on any atom is -0.397 e. The molecule has 3 aromatic rings. The Balaban J connectivity index is 1.77. The lowest BCUT2D eigenvalue weighted by Gasteiger charge is -2.09. The number of nitrogen functional groups attached to an aromatic ring is 1. The summed E-state index contributed by atoms with van der Waals surface area (Å²) < 4.78 is 0. The van der Waals surface area contributed by atoms with Crippen LogP contribution in [0.1, 0.15) is 10.7 Å². The number of hydrogen-bond acceptors (Lipinski definition) is 6. The first kappa shape index (κ1) is 13.6. The van der Waals surface area contributed by atoms with E-state index in [9.17, 15) is 4.79 Å². The number of rotatable bonds is 4. The highest BCUT2D eigenvalue weighted by Gasteiger charge is 2.06. The highest BCUT2D eigenvalue weighted by Crippen LogP contribution is 2.23. The molecule has 7 heteroatoms. The van der Waals surface area contributed by atoms with E-state index in [2.05, 4.69) is 20.3 Å². The molecule has 1 aromatic carbocycles. The molecule has 21 heavy (non-hydrogen) atoms. The normalized spacial score (nSPS) is 10.9. The van der Waals surface area contributed by atoms with Gasteiger partial charge in [-0.2, -0.15) is 0 Å². The van der Waals surface area contributed by atoms with Crippen LogP contribution in [0.2, 0.25) is 0 Å². The van der Waals surface area contributed by atoms with Crippen LogP contribution in [0.5, 0.6) is 0 Å². The van der Waals surface area contributed by atoms with Crippen LogP contribution < -0.4 is 16.6 Å². The second-order valence-electron chi connectivity index (χ2n) is 4.75. The van der Waals surface area contributed by atoms with Crippen LogP contribution in [0.3, 0.4) is 0 Å². The molecule has 108 valence electrons. The Morgan fingerprint density at radius 1 is 1.43 bits per heavy atom. The summed E-state index contributed by atoms with van der Waals surface area (Å²) in [5.41, 5.74) is 8.79. The van der Waals surface area contributed by atoms with Crippen LogP contribution in [0.25, 0.3) is 10.9 Å². The Bertz CT molecular complexity index is 839. The lowest BCUT2D eigenvalue weighted by atomic mass is 10.2. The van der Waals surface area contributed by atoms with Gasteiger partial charge in [0.1, 0.15) is 0 Å². The summed E-state index contributed by atoms with van der Waals surface area (Å²) in [6.07, 6.45) is 2.22. The molecule has 0 fully saturated rings. The highest BCUT2D eigenvalue weighted by atomic mass is 32.1. The van der Waals surface area contributed by atoms with Gasteiger partial charge in [-0.05, 0) is 19.1 Å². The standard InChI is InChI=1S/C14H15N5OS/c1-8-6-21-13(19-8)2-3-16-12-5-11-9(4-10(12)15)14(20)18-7-17-11/h4-7,16H,2-3,15H2,1H3,(H,17,18,20). The summed E-state index contributed by atoms with van der Waals surface area (Å²) in [5.74, 6) is 0. The molecule has 3 rings (SSSR count). The van der Waals surface area contributed by atoms with E-state index in [-0.39, 0.29) is 5.56 Å². The molecule has 0 unspecified atom stereocenters. The van der Waals surface area contributed by atoms with Crippen molar-refractivity contribution in [2.75, 3.05) is 17.6 Å². The molecule has 0 aliphatic heterocycles. The lowest BCUT2D eigenvalue weighted by Crippen LogP contribution is -2.10. The Morgan fingerprint density at radius 3 is 3.05 bits per heavy atom. The van der Waals surface area contributed by atoms with Crippen molar-refractivity contribution in [1.29, 1.82) is 0 Å². The maximum Gasteiger partial charge on any atom is 0.258 e. The second-order valence-corrected chi connectivity index (χ2v) is 5.69. The minimum absolute atomic E-state index is 0.184. The molecule has 2 heterocycles. The Kier molecular flexibility index (Phi) is 3.57. The van der Waals surface area contributed by atoms with E-state index in [0.717, 1.165) is 29.4 Å². The maximum absolute atomic E-state index is 11.7. The van der Waals surface area contributed by atoms with Crippen LogP contribution in [0, 0.1) is 6.92 Å². The van der Waals surface area contributed by atoms with Gasteiger partial charge >= 0.3 is 0 Å². The fraction of sp³-hybridized carbons (Fsp3) is 0.214. The third-order valence-electron chi connectivity index (χ3n) is 3.13. The van der Waals surface area contributed by atoms with Crippen LogP contribution >= 0.6 is 11.3 Å². The van der Waals surface area contributed by atoms with E-state index in [4.69, 9.17) is 5.73 Å². The summed E-state index contributed by atoms with van der Waals surface area (Å²) in [4.78, 5) is 22.8. The molecule has 0 bridgehead atoms. The number of nitrogens with zero attached hydrogens (tertiary/aromatic N) is 2. The Hall–Kier alpha value is -2.41. The van der Waals surface area contributed by atoms with Crippen molar-refractivity contribution in [2.24, 2.45) is 0 Å². The predicted octanol–water partition coefficient (Wildman–Crippen LogP) is 1.92. The van der Waals surface area contributed by atoms with E-state index in [1.54, 1.807) is 23.5 Å². The van der Waals surface area contributed by atoms with Crippen molar-refractivity contribution in [1.82, 2.24) is 15.0 Å². The van der Waals surface area contributed by atoms with Gasteiger partial charge in [-0.3, -0.25) is 4.79 Å². The zero-order valence-corrected chi connectivity index (χ0v) is 12.3. The Morgan fingerprint density at radius 2 is 2.29 bits per heavy atom. The summed E-state index contributed by atoms with van der Waals surface area (Å²) in [6, 6.07) is 3.45. The molecule has 0 saturated carbocycles. The predicted molar refractivity (Wildman–Crippen MR) is 85.8 cm³/mol. The van der Waals surface area contributed by atoms with Crippen molar-refractivity contribution < 1.29 is 0 Å². The number of fused-ring (bicyclic) bond motifs is 1. The summed E-state index contributed by atoms with van der Waals surface area (Å²) in [7, 11) is 0. The SMILES string of the molecule is Cc1csc(CCNc2cc3nc[nH]c(=O)c3cc2N)n1. The zero-order chi connectivity index (χ0) is 14.8. The highest BCUT2D eigenvalue weighted by molar-refractivity contribution is 7.09. The molecular weight excluding hydrogens is 286 g/mol. The van der Waals surface area contributed by atoms with Crippen LogP contribution in [-0.4, -0.2) is 21.5 Å². The molecule has 0 aliphatic carbocycles. The van der Waals surface area contributed by atoms with E-state index < -0.39 is 0 Å². The number of thiazole rings is 1. The average Bonchev–Trinajstić information content (AvgIpc) is 2.86. The van der Waals surface area contributed by atoms with Crippen LogP contribution in [-0.2, 0) is 6.42 Å². The number of hydrogen-bond donors (Lipinski definition) is 3. The molecular formula is C14H15N5OS. The van der Waals surface area contributed by atoms with Gasteiger partial charge in [0.05, 0.1) is 33.6 Å². The van der Waals surface area contributed by atoms with Gasteiger partial charge in [0.15, 0.2) is 0 Å². The van der Waals surface area contributed by atoms with E-state index >= 15 is 0 Å². The fourth-order valence-corrected chi connectivity index (χ4v) is 2.88. The van der Waals surface area contributed by atoms with Gasteiger partial charge in [-0.15, -0.1) is 11.3 Å². The van der Waals surface area contributed by atoms with Gasteiger partial charge in [-0.25, -0.2) is 9.97 Å². The zero-order valence-electron chi connectivity index (χ0n) is 11.5. The second kappa shape index (κ2) is 5.53. The van der Waals surface area contributed by atoms with Crippen molar-refractivity contribution in [2.45, 2.75) is 13.3 Å². The molecule has 0 radical (unpaired) electrons. The molecule has 4 N–H and O–H groups in total. The number of aromatic nitrogens is 3. The van der Waals surface area contributed by atoms with Crippen LogP contribution in [0.4, 0.5) is 11.4 Å². The molecule has 2 aromatic heterocycles. The van der Waals surface area contributed by atoms with E-state index in [0.29, 0.717) is 16.6 Å². The topological polar surface area (TPSA) is 96.7 Å². The average molecular weight is 301 g/mol. The van der Waals surface area contributed by atoms with Gasteiger partial charge in [0, 0.05) is 24.0 Å². The summed E-state index contributed by atoms with van der Waals surface area (Å²) >= 11 is 1.65. The quantitative estimate of drug-likeness (QED) is 0.640. The smallest absolute Gasteiger partial charge is 0.258 e. The van der Waals surface area contributed by atoms with Crippen molar-refractivity contribution in [3.8, 4) is 0 Å². The first-order chi connectivity index (χ1) is 10.1. The Labute approximate surface area is 125 Å². The van der Waals surface area contributed by atoms with Crippen LogP contribution in [0.15, 0.2) is 28.6 Å². The first-order valence-corrected chi connectivity index (χ1v) is 7.43. The number of nitrogens with two attached hydrogens (primary N) is 1. The first-order valence-electron chi connectivity index (χ1n) is 6.55. The molecule has 0 aliphatic rings. The third-order valence-corrected chi connectivity index (χ3v) is 4.16. The van der Waals surface area contributed by atoms with E-state index in [1.165, 1.54) is 6.33 Å². The van der Waals surface area contributed by atoms with Crippen molar-refractivity contribution in [3.05, 3.63) is 44.9 Å². The molecule has 0 amide bonds. The van der Waals surface area contributed by atoms with Crippen molar-refractivity contribution >= 4 is 33.6 Å². The molecule has 6 nitrogen and oxygen atoms in total. The van der Waals surface area contributed by atoms with Gasteiger partial charge < -0.3 is 16.0 Å². The third kappa shape index (κ3) is 2.87. The number of aromatic amines is 1. The monoisotopic (exact) mass is 301 g/mol. The number of anilines is 2. The number of benzene rings is 1. The summed E-state index contributed by atoms with van der Waals surface area (Å²) in [6.45, 7) is 2.71. The molecule has 0 spiro atoms. The molecule has 0 saturated heterocycles. The maximum atomic E-state index is 11.7. The van der Waals surface area contributed by atoms with E-state index in [1.807, 2.05) is 12.3 Å². The summed E-state index contributed by atoms with van der Waals surface area (Å²) in [5, 5.41) is 6.90.